The predicted molar refractivity (Wildman–Crippen MR) is 57.1 cm³/mol. The summed E-state index contributed by atoms with van der Waals surface area (Å²) in [5.41, 5.74) is 0. The third-order valence-electron chi connectivity index (χ3n) is 2.59. The van der Waals surface area contributed by atoms with E-state index < -0.39 is 0 Å². The van der Waals surface area contributed by atoms with Crippen LogP contribution in [-0.2, 0) is 11.2 Å². The van der Waals surface area contributed by atoms with E-state index in [0.29, 0.717) is 19.7 Å². The number of H-pyrrole nitrogens is 1. The van der Waals surface area contributed by atoms with Crippen molar-refractivity contribution < 1.29 is 9.53 Å². The molecule has 2 heterocycles. The van der Waals surface area contributed by atoms with E-state index in [9.17, 15) is 4.79 Å². The number of nitrogens with zero attached hydrogens (tertiary/aromatic N) is 3. The minimum atomic E-state index is -0.119. The second kappa shape index (κ2) is 4.61. The van der Waals surface area contributed by atoms with E-state index in [1.165, 1.54) is 0 Å². The first kappa shape index (κ1) is 11.1. The number of carbonyl (C=O) groups is 1. The zero-order valence-corrected chi connectivity index (χ0v) is 9.56. The number of rotatable bonds is 2. The Morgan fingerprint density at radius 2 is 2.50 bits per heavy atom. The second-order valence-corrected chi connectivity index (χ2v) is 3.89. The number of hydrogen-bond acceptors (Lipinski definition) is 4. The Hall–Kier alpha value is -1.43. The molecule has 16 heavy (non-hydrogen) atoms. The van der Waals surface area contributed by atoms with Gasteiger partial charge in [0.2, 0.25) is 5.82 Å². The van der Waals surface area contributed by atoms with Gasteiger partial charge in [-0.2, -0.15) is 0 Å². The molecule has 1 aliphatic rings. The van der Waals surface area contributed by atoms with Crippen molar-refractivity contribution in [3.8, 4) is 0 Å². The normalized spacial score (nSPS) is 21.1. The van der Waals surface area contributed by atoms with Crippen molar-refractivity contribution in [2.24, 2.45) is 0 Å². The average molecular weight is 224 g/mol. The van der Waals surface area contributed by atoms with Gasteiger partial charge in [-0.3, -0.25) is 9.89 Å². The summed E-state index contributed by atoms with van der Waals surface area (Å²) in [4.78, 5) is 17.9. The van der Waals surface area contributed by atoms with Gasteiger partial charge in [0.05, 0.1) is 12.7 Å². The van der Waals surface area contributed by atoms with E-state index in [1.54, 1.807) is 4.90 Å². The Kier molecular flexibility index (Phi) is 3.19. The minimum absolute atomic E-state index is 0.0855. The van der Waals surface area contributed by atoms with Crippen LogP contribution >= 0.6 is 0 Å². The quantitative estimate of drug-likeness (QED) is 0.780. The van der Waals surface area contributed by atoms with Crippen LogP contribution in [0.1, 0.15) is 30.3 Å². The van der Waals surface area contributed by atoms with Crippen molar-refractivity contribution in [1.82, 2.24) is 20.1 Å². The average Bonchev–Trinajstić information content (AvgIpc) is 2.76. The molecular weight excluding hydrogens is 208 g/mol. The Morgan fingerprint density at radius 1 is 1.69 bits per heavy atom. The van der Waals surface area contributed by atoms with Gasteiger partial charge in [-0.15, -0.1) is 5.10 Å². The summed E-state index contributed by atoms with van der Waals surface area (Å²) in [7, 11) is 0. The van der Waals surface area contributed by atoms with E-state index in [2.05, 4.69) is 15.2 Å². The Bertz CT molecular complexity index is 377. The molecule has 1 aliphatic heterocycles. The van der Waals surface area contributed by atoms with Crippen LogP contribution in [0.5, 0.6) is 0 Å². The highest BCUT2D eigenvalue weighted by atomic mass is 16.5. The van der Waals surface area contributed by atoms with E-state index in [1.807, 2.05) is 13.8 Å². The molecule has 1 aromatic heterocycles. The lowest BCUT2D eigenvalue weighted by Crippen LogP contribution is -2.44. The van der Waals surface area contributed by atoms with E-state index in [4.69, 9.17) is 4.74 Å². The van der Waals surface area contributed by atoms with Gasteiger partial charge in [-0.1, -0.05) is 6.92 Å². The van der Waals surface area contributed by atoms with Gasteiger partial charge in [0.15, 0.2) is 0 Å². The first-order chi connectivity index (χ1) is 7.70. The summed E-state index contributed by atoms with van der Waals surface area (Å²) >= 11 is 0. The summed E-state index contributed by atoms with van der Waals surface area (Å²) < 4.78 is 5.38. The first-order valence-electron chi connectivity index (χ1n) is 5.53. The molecule has 0 aromatic carbocycles. The largest absolute Gasteiger partial charge is 0.375 e. The van der Waals surface area contributed by atoms with Gasteiger partial charge in [0, 0.05) is 19.5 Å². The van der Waals surface area contributed by atoms with E-state index >= 15 is 0 Å². The molecule has 1 aromatic rings. The number of aryl methyl sites for hydroxylation is 1. The second-order valence-electron chi connectivity index (χ2n) is 3.89. The fraction of sp³-hybridized carbons (Fsp3) is 0.700. The maximum absolute atomic E-state index is 12.0. The number of hydrogen-bond donors (Lipinski definition) is 1. The summed E-state index contributed by atoms with van der Waals surface area (Å²) in [6.07, 6.45) is 0.835. The number of ether oxygens (including phenoxy) is 1. The summed E-state index contributed by atoms with van der Waals surface area (Å²) in [5, 5.41) is 6.67. The minimum Gasteiger partial charge on any atom is -0.375 e. The molecule has 2 rings (SSSR count). The molecule has 0 spiro atoms. The molecule has 1 fully saturated rings. The lowest BCUT2D eigenvalue weighted by Gasteiger charge is -2.30. The van der Waals surface area contributed by atoms with Crippen LogP contribution in [0.3, 0.4) is 0 Å². The third kappa shape index (κ3) is 2.21. The van der Waals surface area contributed by atoms with E-state index in [-0.39, 0.29) is 17.8 Å². The maximum Gasteiger partial charge on any atom is 0.293 e. The predicted octanol–water partition coefficient (Wildman–Crippen LogP) is 0.228. The highest BCUT2D eigenvalue weighted by Crippen LogP contribution is 2.07. The molecule has 0 radical (unpaired) electrons. The fourth-order valence-electron chi connectivity index (χ4n) is 1.69. The Morgan fingerprint density at radius 3 is 3.12 bits per heavy atom. The van der Waals surface area contributed by atoms with Crippen LogP contribution < -0.4 is 0 Å². The van der Waals surface area contributed by atoms with Crippen molar-refractivity contribution in [2.75, 3.05) is 19.7 Å². The molecule has 1 unspecified atom stereocenters. The number of amides is 1. The van der Waals surface area contributed by atoms with Gasteiger partial charge >= 0.3 is 0 Å². The number of morpholine rings is 1. The van der Waals surface area contributed by atoms with Crippen LogP contribution in [0.15, 0.2) is 0 Å². The van der Waals surface area contributed by atoms with Crippen LogP contribution in [0.2, 0.25) is 0 Å². The maximum atomic E-state index is 12.0. The molecule has 1 amide bonds. The van der Waals surface area contributed by atoms with Gasteiger partial charge in [-0.25, -0.2) is 4.98 Å². The van der Waals surface area contributed by atoms with Gasteiger partial charge in [0.1, 0.15) is 5.82 Å². The number of aromatic nitrogens is 3. The van der Waals surface area contributed by atoms with Crippen molar-refractivity contribution in [1.29, 1.82) is 0 Å². The van der Waals surface area contributed by atoms with E-state index in [0.717, 1.165) is 12.2 Å². The van der Waals surface area contributed by atoms with Crippen LogP contribution in [-0.4, -0.2) is 51.8 Å². The van der Waals surface area contributed by atoms with Crippen LogP contribution in [0.25, 0.3) is 0 Å². The van der Waals surface area contributed by atoms with Crippen LogP contribution in [0.4, 0.5) is 0 Å². The van der Waals surface area contributed by atoms with Crippen molar-refractivity contribution in [3.63, 3.8) is 0 Å². The molecule has 6 nitrogen and oxygen atoms in total. The molecule has 1 atom stereocenters. The molecule has 6 heteroatoms. The monoisotopic (exact) mass is 224 g/mol. The highest BCUT2D eigenvalue weighted by molar-refractivity contribution is 5.90. The zero-order chi connectivity index (χ0) is 11.5. The first-order valence-corrected chi connectivity index (χ1v) is 5.53. The summed E-state index contributed by atoms with van der Waals surface area (Å²) in [6, 6.07) is 0. The molecular formula is C10H16N4O2. The fourth-order valence-corrected chi connectivity index (χ4v) is 1.69. The van der Waals surface area contributed by atoms with Crippen molar-refractivity contribution in [3.05, 3.63) is 11.6 Å². The summed E-state index contributed by atoms with van der Waals surface area (Å²) in [6.45, 7) is 5.71. The van der Waals surface area contributed by atoms with Gasteiger partial charge in [-0.05, 0) is 6.92 Å². The smallest absolute Gasteiger partial charge is 0.293 e. The molecule has 0 aliphatic carbocycles. The SMILES string of the molecule is CCc1nc(C(=O)N2CCOC(C)C2)n[nH]1. The topological polar surface area (TPSA) is 71.1 Å². The Labute approximate surface area is 94.0 Å². The summed E-state index contributed by atoms with van der Waals surface area (Å²) in [5.74, 6) is 0.877. The molecule has 0 bridgehead atoms. The highest BCUT2D eigenvalue weighted by Gasteiger charge is 2.24. The molecule has 1 N–H and O–H groups in total. The van der Waals surface area contributed by atoms with Gasteiger partial charge < -0.3 is 9.64 Å². The number of carbonyl (C=O) groups excluding carboxylic acids is 1. The van der Waals surface area contributed by atoms with Crippen LogP contribution in [0, 0.1) is 0 Å². The molecule has 0 saturated carbocycles. The molecule has 88 valence electrons. The van der Waals surface area contributed by atoms with Crippen molar-refractivity contribution >= 4 is 5.91 Å². The lowest BCUT2D eigenvalue weighted by atomic mass is 10.3. The molecule has 1 saturated heterocycles. The lowest BCUT2D eigenvalue weighted by molar-refractivity contribution is -0.0128. The standard InChI is InChI=1S/C10H16N4O2/c1-3-8-11-9(13-12-8)10(15)14-4-5-16-7(2)6-14/h7H,3-6H2,1-2H3,(H,11,12,13). The van der Waals surface area contributed by atoms with Crippen molar-refractivity contribution in [2.45, 2.75) is 26.4 Å². The Balaban J connectivity index is 2.06. The van der Waals surface area contributed by atoms with Gasteiger partial charge in [0.25, 0.3) is 5.91 Å². The third-order valence-corrected chi connectivity index (χ3v) is 2.59. The number of nitrogens with one attached hydrogen (secondary N) is 1. The zero-order valence-electron chi connectivity index (χ0n) is 9.56. The number of aromatic amines is 1.